The fourth-order valence-electron chi connectivity index (χ4n) is 2.09. The molecule has 0 aliphatic carbocycles. The van der Waals surface area contributed by atoms with Crippen LogP contribution in [0.4, 0.5) is 5.69 Å². The first-order valence-corrected chi connectivity index (χ1v) is 7.19. The van der Waals surface area contributed by atoms with Gasteiger partial charge in [-0.15, -0.1) is 11.3 Å². The number of hydrogen-bond donors (Lipinski definition) is 1. The Morgan fingerprint density at radius 2 is 1.95 bits per heavy atom. The smallest absolute Gasteiger partial charge is 0.113 e. The molecule has 0 spiro atoms. The normalized spacial score (nSPS) is 10.8. The number of anilines is 1. The number of hydrogen-bond acceptors (Lipinski definition) is 3. The molecule has 1 aromatic heterocycles. The Balaban J connectivity index is 1.80. The van der Waals surface area contributed by atoms with Crippen LogP contribution in [0, 0.1) is 13.8 Å². The highest BCUT2D eigenvalue weighted by atomic mass is 32.1. The van der Waals surface area contributed by atoms with Crippen LogP contribution in [0.15, 0.2) is 42.5 Å². The van der Waals surface area contributed by atoms with Crippen LogP contribution >= 0.6 is 11.3 Å². The predicted molar refractivity (Wildman–Crippen MR) is 82.9 cm³/mol. The molecule has 0 saturated carbocycles. The van der Waals surface area contributed by atoms with Crippen molar-refractivity contribution >= 4 is 27.2 Å². The quantitative estimate of drug-likeness (QED) is 0.755. The molecular formula is C16H16N2S. The first-order valence-electron chi connectivity index (χ1n) is 6.38. The fraction of sp³-hybridized carbons (Fsp3) is 0.188. The van der Waals surface area contributed by atoms with Gasteiger partial charge in [0.2, 0.25) is 0 Å². The van der Waals surface area contributed by atoms with Crippen molar-refractivity contribution in [2.45, 2.75) is 20.4 Å². The number of fused-ring (bicyclic) bond motifs is 1. The maximum absolute atomic E-state index is 4.64. The zero-order valence-electron chi connectivity index (χ0n) is 11.1. The van der Waals surface area contributed by atoms with Crippen molar-refractivity contribution in [3.05, 3.63) is 58.6 Å². The van der Waals surface area contributed by atoms with Crippen molar-refractivity contribution in [2.75, 3.05) is 5.32 Å². The highest BCUT2D eigenvalue weighted by Crippen LogP contribution is 2.23. The van der Waals surface area contributed by atoms with Crippen LogP contribution in [0.5, 0.6) is 0 Å². The van der Waals surface area contributed by atoms with Crippen molar-refractivity contribution in [2.24, 2.45) is 0 Å². The molecule has 3 aromatic rings. The van der Waals surface area contributed by atoms with E-state index in [9.17, 15) is 0 Å². The van der Waals surface area contributed by atoms with Gasteiger partial charge in [0.05, 0.1) is 16.8 Å². The third kappa shape index (κ3) is 2.61. The fourth-order valence-corrected chi connectivity index (χ4v) is 3.00. The molecule has 0 aliphatic rings. The first-order chi connectivity index (χ1) is 9.22. The lowest BCUT2D eigenvalue weighted by Crippen LogP contribution is -2.00. The summed E-state index contributed by atoms with van der Waals surface area (Å²) in [4.78, 5) is 4.64. The predicted octanol–water partition coefficient (Wildman–Crippen LogP) is 4.53. The Kier molecular flexibility index (Phi) is 3.22. The number of benzene rings is 2. The minimum Gasteiger partial charge on any atom is -0.378 e. The second-order valence-corrected chi connectivity index (χ2v) is 5.86. The molecule has 0 amide bonds. The number of aromatic nitrogens is 1. The van der Waals surface area contributed by atoms with Crippen LogP contribution in [0.3, 0.4) is 0 Å². The summed E-state index contributed by atoms with van der Waals surface area (Å²) < 4.78 is 1.25. The molecule has 2 nitrogen and oxygen atoms in total. The highest BCUT2D eigenvalue weighted by Gasteiger charge is 2.04. The van der Waals surface area contributed by atoms with E-state index < -0.39 is 0 Å². The minimum atomic E-state index is 0.781. The van der Waals surface area contributed by atoms with Gasteiger partial charge in [0, 0.05) is 5.69 Å². The molecule has 3 heteroatoms. The third-order valence-corrected chi connectivity index (χ3v) is 4.20. The maximum atomic E-state index is 4.64. The number of aryl methyl sites for hydroxylation is 2. The Bertz CT molecular complexity index is 683. The van der Waals surface area contributed by atoms with Gasteiger partial charge in [-0.05, 0) is 43.2 Å². The van der Waals surface area contributed by atoms with Gasteiger partial charge >= 0.3 is 0 Å². The molecule has 0 radical (unpaired) electrons. The van der Waals surface area contributed by atoms with Gasteiger partial charge in [-0.1, -0.05) is 24.3 Å². The van der Waals surface area contributed by atoms with Crippen molar-refractivity contribution in [1.29, 1.82) is 0 Å². The van der Waals surface area contributed by atoms with Crippen LogP contribution in [0.2, 0.25) is 0 Å². The van der Waals surface area contributed by atoms with Crippen LogP contribution in [0.1, 0.15) is 16.1 Å². The zero-order chi connectivity index (χ0) is 13.2. The molecule has 0 saturated heterocycles. The summed E-state index contributed by atoms with van der Waals surface area (Å²) in [6.07, 6.45) is 0. The van der Waals surface area contributed by atoms with Crippen LogP contribution in [0.25, 0.3) is 10.2 Å². The van der Waals surface area contributed by atoms with Crippen molar-refractivity contribution in [3.8, 4) is 0 Å². The number of thiazole rings is 1. The van der Waals surface area contributed by atoms with Gasteiger partial charge in [0.25, 0.3) is 0 Å². The monoisotopic (exact) mass is 268 g/mol. The Morgan fingerprint density at radius 3 is 2.79 bits per heavy atom. The molecule has 3 rings (SSSR count). The second kappa shape index (κ2) is 5.02. The number of para-hydroxylation sites is 1. The summed E-state index contributed by atoms with van der Waals surface area (Å²) in [5.41, 5.74) is 4.83. The summed E-state index contributed by atoms with van der Waals surface area (Å²) >= 11 is 1.75. The molecule has 1 N–H and O–H groups in total. The molecule has 0 bridgehead atoms. The van der Waals surface area contributed by atoms with E-state index in [1.807, 2.05) is 6.07 Å². The van der Waals surface area contributed by atoms with E-state index in [4.69, 9.17) is 0 Å². The molecule has 0 unspecified atom stereocenters. The molecule has 19 heavy (non-hydrogen) atoms. The van der Waals surface area contributed by atoms with E-state index in [1.54, 1.807) is 11.3 Å². The SMILES string of the molecule is Cc1ccc(C)c(NCc2nc3ccccc3s2)c1. The lowest BCUT2D eigenvalue weighted by molar-refractivity contribution is 1.11. The van der Waals surface area contributed by atoms with Crippen LogP contribution in [-0.2, 0) is 6.54 Å². The van der Waals surface area contributed by atoms with Crippen LogP contribution < -0.4 is 5.32 Å². The van der Waals surface area contributed by atoms with E-state index in [0.717, 1.165) is 17.1 Å². The Labute approximate surface area is 117 Å². The van der Waals surface area contributed by atoms with E-state index >= 15 is 0 Å². The molecule has 0 fully saturated rings. The molecule has 2 aromatic carbocycles. The van der Waals surface area contributed by atoms with Gasteiger partial charge in [-0.3, -0.25) is 0 Å². The van der Waals surface area contributed by atoms with Gasteiger partial charge in [0.15, 0.2) is 0 Å². The summed E-state index contributed by atoms with van der Waals surface area (Å²) in [6.45, 7) is 5.02. The van der Waals surface area contributed by atoms with Gasteiger partial charge in [0.1, 0.15) is 5.01 Å². The maximum Gasteiger partial charge on any atom is 0.113 e. The number of rotatable bonds is 3. The summed E-state index contributed by atoms with van der Waals surface area (Å²) in [6, 6.07) is 14.7. The van der Waals surface area contributed by atoms with Gasteiger partial charge in [-0.25, -0.2) is 4.98 Å². The zero-order valence-corrected chi connectivity index (χ0v) is 11.9. The summed E-state index contributed by atoms with van der Waals surface area (Å²) in [5, 5.41) is 4.61. The van der Waals surface area contributed by atoms with Gasteiger partial charge in [-0.2, -0.15) is 0 Å². The molecule has 0 atom stereocenters. The minimum absolute atomic E-state index is 0.781. The average molecular weight is 268 g/mol. The molecular weight excluding hydrogens is 252 g/mol. The molecule has 96 valence electrons. The lowest BCUT2D eigenvalue weighted by atomic mass is 10.1. The van der Waals surface area contributed by atoms with Crippen molar-refractivity contribution < 1.29 is 0 Å². The van der Waals surface area contributed by atoms with Gasteiger partial charge < -0.3 is 5.32 Å². The molecule has 0 aliphatic heterocycles. The highest BCUT2D eigenvalue weighted by molar-refractivity contribution is 7.18. The average Bonchev–Trinajstić information content (AvgIpc) is 2.82. The van der Waals surface area contributed by atoms with E-state index in [1.165, 1.54) is 21.5 Å². The van der Waals surface area contributed by atoms with Crippen molar-refractivity contribution in [3.63, 3.8) is 0 Å². The molecule has 1 heterocycles. The van der Waals surface area contributed by atoms with E-state index in [2.05, 4.69) is 60.5 Å². The third-order valence-electron chi connectivity index (χ3n) is 3.16. The summed E-state index contributed by atoms with van der Waals surface area (Å²) in [7, 11) is 0. The standard InChI is InChI=1S/C16H16N2S/c1-11-7-8-12(2)14(9-11)17-10-16-18-13-5-3-4-6-15(13)19-16/h3-9,17H,10H2,1-2H3. The van der Waals surface area contributed by atoms with E-state index in [0.29, 0.717) is 0 Å². The summed E-state index contributed by atoms with van der Waals surface area (Å²) in [5.74, 6) is 0. The largest absolute Gasteiger partial charge is 0.378 e. The van der Waals surface area contributed by atoms with E-state index in [-0.39, 0.29) is 0 Å². The Morgan fingerprint density at radius 1 is 1.11 bits per heavy atom. The number of nitrogens with one attached hydrogen (secondary N) is 1. The van der Waals surface area contributed by atoms with Crippen molar-refractivity contribution in [1.82, 2.24) is 4.98 Å². The Hall–Kier alpha value is -1.87. The topological polar surface area (TPSA) is 24.9 Å². The second-order valence-electron chi connectivity index (χ2n) is 4.75. The number of nitrogens with zero attached hydrogens (tertiary/aromatic N) is 1. The lowest BCUT2D eigenvalue weighted by Gasteiger charge is -2.08. The first kappa shape index (κ1) is 12.2. The van der Waals surface area contributed by atoms with Crippen LogP contribution in [-0.4, -0.2) is 4.98 Å².